The van der Waals surface area contributed by atoms with Crippen LogP contribution in [0.15, 0.2) is 34.2 Å². The van der Waals surface area contributed by atoms with E-state index in [1.54, 1.807) is 12.1 Å². The topological polar surface area (TPSA) is 111 Å². The largest absolute Gasteiger partial charge is 0.325 e. The van der Waals surface area contributed by atoms with Crippen molar-refractivity contribution in [2.75, 3.05) is 11.9 Å². The Balaban J connectivity index is 1.75. The molecule has 8 heteroatoms. The van der Waals surface area contributed by atoms with Crippen LogP contribution in [0.25, 0.3) is 0 Å². The van der Waals surface area contributed by atoms with Gasteiger partial charge in [-0.05, 0) is 43.9 Å². The second-order valence-corrected chi connectivity index (χ2v) is 8.81. The van der Waals surface area contributed by atoms with Gasteiger partial charge in [0, 0.05) is 18.7 Å². The summed E-state index contributed by atoms with van der Waals surface area (Å²) in [7, 11) is -3.77. The number of hydrogen-bond acceptors (Lipinski definition) is 5. The van der Waals surface area contributed by atoms with Gasteiger partial charge in [-0.1, -0.05) is 25.3 Å². The van der Waals surface area contributed by atoms with Gasteiger partial charge in [-0.2, -0.15) is 5.26 Å². The highest BCUT2D eigenvalue weighted by Gasteiger charge is 2.41. The van der Waals surface area contributed by atoms with Gasteiger partial charge in [0.1, 0.15) is 11.3 Å². The molecule has 7 nitrogen and oxygen atoms in total. The molecule has 0 unspecified atom stereocenters. The highest BCUT2D eigenvalue weighted by atomic mass is 32.2. The number of hydrogen-bond donors (Lipinski definition) is 2. The second-order valence-electron chi connectivity index (χ2n) is 7.13. The van der Waals surface area contributed by atoms with E-state index in [1.165, 1.54) is 12.1 Å². The van der Waals surface area contributed by atoms with Crippen molar-refractivity contribution in [1.29, 1.82) is 5.26 Å². The average Bonchev–Trinajstić information content (AvgIpc) is 3.02. The number of amides is 1. The summed E-state index contributed by atoms with van der Waals surface area (Å²) in [6.45, 7) is 0.629. The van der Waals surface area contributed by atoms with Crippen molar-refractivity contribution in [3.8, 4) is 6.07 Å². The number of anilines is 1. The van der Waals surface area contributed by atoms with Gasteiger partial charge in [0.15, 0.2) is 0 Å². The van der Waals surface area contributed by atoms with Gasteiger partial charge in [-0.25, -0.2) is 8.42 Å². The fourth-order valence-electron chi connectivity index (χ4n) is 3.53. The third-order valence-electron chi connectivity index (χ3n) is 5.13. The van der Waals surface area contributed by atoms with Crippen molar-refractivity contribution in [2.45, 2.75) is 56.3 Å². The molecule has 2 N–H and O–H groups in total. The van der Waals surface area contributed by atoms with Crippen LogP contribution in [-0.4, -0.2) is 26.7 Å². The van der Waals surface area contributed by atoms with Crippen LogP contribution in [0.4, 0.5) is 5.69 Å². The number of sulfonamides is 1. The summed E-state index contributed by atoms with van der Waals surface area (Å²) >= 11 is 0. The van der Waals surface area contributed by atoms with E-state index >= 15 is 0 Å². The van der Waals surface area contributed by atoms with Crippen molar-refractivity contribution in [3.05, 3.63) is 24.3 Å². The minimum Gasteiger partial charge on any atom is -0.325 e. The van der Waals surface area contributed by atoms with Crippen molar-refractivity contribution in [3.63, 3.8) is 0 Å². The molecule has 2 aliphatic rings. The monoisotopic (exact) mass is 388 g/mol. The van der Waals surface area contributed by atoms with Crippen molar-refractivity contribution < 1.29 is 13.2 Å². The van der Waals surface area contributed by atoms with Crippen LogP contribution in [0.2, 0.25) is 0 Å². The number of carbonyl (C=O) groups is 1. The van der Waals surface area contributed by atoms with E-state index in [0.717, 1.165) is 32.1 Å². The lowest BCUT2D eigenvalue weighted by molar-refractivity contribution is -0.122. The zero-order chi connectivity index (χ0) is 19.3. The van der Waals surface area contributed by atoms with E-state index in [4.69, 9.17) is 0 Å². The molecule has 27 heavy (non-hydrogen) atoms. The Morgan fingerprint density at radius 3 is 2.67 bits per heavy atom. The SMILES string of the molecule is N#CC1(C(=O)Nc2cccc(S(=O)(=O)NC3=NCCCCC3)c2)CCCC1. The van der Waals surface area contributed by atoms with Gasteiger partial charge in [0.25, 0.3) is 10.0 Å². The molecule has 1 fully saturated rings. The number of nitrogens with one attached hydrogen (secondary N) is 2. The Labute approximate surface area is 159 Å². The van der Waals surface area contributed by atoms with Crippen LogP contribution in [-0.2, 0) is 14.8 Å². The molecule has 3 rings (SSSR count). The van der Waals surface area contributed by atoms with Crippen molar-refractivity contribution in [1.82, 2.24) is 4.72 Å². The van der Waals surface area contributed by atoms with E-state index in [9.17, 15) is 18.5 Å². The van der Waals surface area contributed by atoms with Crippen LogP contribution in [0.3, 0.4) is 0 Å². The molecule has 1 aliphatic heterocycles. The first-order valence-corrected chi connectivity index (χ1v) is 10.8. The predicted molar refractivity (Wildman–Crippen MR) is 103 cm³/mol. The standard InChI is InChI=1S/C19H24N4O3S/c20-14-19(10-3-4-11-19)18(24)22-15-7-6-8-16(13-15)27(25,26)23-17-9-2-1-5-12-21-17/h6-8,13H,1-5,9-12H2,(H,21,23)(H,22,24). The first-order chi connectivity index (χ1) is 13.0. The van der Waals surface area contributed by atoms with Crippen LogP contribution in [0.5, 0.6) is 0 Å². The Kier molecular flexibility index (Phi) is 5.80. The van der Waals surface area contributed by atoms with Gasteiger partial charge in [-0.15, -0.1) is 0 Å². The maximum atomic E-state index is 12.7. The van der Waals surface area contributed by atoms with Gasteiger partial charge in [0.05, 0.1) is 11.0 Å². The van der Waals surface area contributed by atoms with Gasteiger partial charge < -0.3 is 5.32 Å². The fraction of sp³-hybridized carbons (Fsp3) is 0.526. The first-order valence-electron chi connectivity index (χ1n) is 9.34. The highest BCUT2D eigenvalue weighted by molar-refractivity contribution is 7.90. The predicted octanol–water partition coefficient (Wildman–Crippen LogP) is 2.96. The molecule has 144 valence electrons. The Bertz CT molecular complexity index is 880. The molecule has 1 heterocycles. The summed E-state index contributed by atoms with van der Waals surface area (Å²) in [6.07, 6.45) is 6.30. The second kappa shape index (κ2) is 8.09. The zero-order valence-corrected chi connectivity index (χ0v) is 16.0. The van der Waals surface area contributed by atoms with Gasteiger partial charge in [0.2, 0.25) is 5.91 Å². The molecular formula is C19H24N4O3S. The number of aliphatic imine (C=N–C) groups is 1. The van der Waals surface area contributed by atoms with E-state index in [2.05, 4.69) is 21.1 Å². The molecule has 0 bridgehead atoms. The molecule has 1 aromatic rings. The average molecular weight is 388 g/mol. The summed E-state index contributed by atoms with van der Waals surface area (Å²) in [5, 5.41) is 12.1. The molecule has 1 saturated carbocycles. The Morgan fingerprint density at radius 2 is 1.93 bits per heavy atom. The third kappa shape index (κ3) is 4.48. The molecule has 0 spiro atoms. The van der Waals surface area contributed by atoms with E-state index in [0.29, 0.717) is 37.3 Å². The summed E-state index contributed by atoms with van der Waals surface area (Å²) in [5.41, 5.74) is -0.644. The molecule has 0 atom stereocenters. The Morgan fingerprint density at radius 1 is 1.15 bits per heavy atom. The number of carbonyl (C=O) groups excluding carboxylic acids is 1. The van der Waals surface area contributed by atoms with Crippen molar-refractivity contribution >= 4 is 27.5 Å². The van der Waals surface area contributed by atoms with Crippen LogP contribution < -0.4 is 10.0 Å². The summed E-state index contributed by atoms with van der Waals surface area (Å²) in [5.74, 6) is 0.120. The number of rotatable bonds is 4. The number of nitrogens with zero attached hydrogens (tertiary/aromatic N) is 2. The molecule has 1 aromatic carbocycles. The molecule has 1 amide bonds. The summed E-state index contributed by atoms with van der Waals surface area (Å²) in [6, 6.07) is 8.24. The maximum absolute atomic E-state index is 12.7. The number of benzene rings is 1. The fourth-order valence-corrected chi connectivity index (χ4v) is 4.67. The lowest BCUT2D eigenvalue weighted by atomic mass is 9.87. The third-order valence-corrected chi connectivity index (χ3v) is 6.51. The highest BCUT2D eigenvalue weighted by Crippen LogP contribution is 2.38. The zero-order valence-electron chi connectivity index (χ0n) is 15.2. The minimum atomic E-state index is -3.77. The van der Waals surface area contributed by atoms with Crippen LogP contribution >= 0.6 is 0 Å². The Hall–Kier alpha value is -2.40. The van der Waals surface area contributed by atoms with Gasteiger partial charge in [-0.3, -0.25) is 14.5 Å². The van der Waals surface area contributed by atoms with Gasteiger partial charge >= 0.3 is 0 Å². The van der Waals surface area contributed by atoms with Crippen molar-refractivity contribution in [2.24, 2.45) is 10.4 Å². The van der Waals surface area contributed by atoms with E-state index in [1.807, 2.05) is 0 Å². The molecule has 0 saturated heterocycles. The lowest BCUT2D eigenvalue weighted by Crippen LogP contribution is -2.33. The number of nitriles is 1. The van der Waals surface area contributed by atoms with Crippen LogP contribution in [0, 0.1) is 16.7 Å². The summed E-state index contributed by atoms with van der Waals surface area (Å²) < 4.78 is 27.9. The smallest absolute Gasteiger partial charge is 0.262 e. The quantitative estimate of drug-likeness (QED) is 0.826. The van der Waals surface area contributed by atoms with E-state index < -0.39 is 15.4 Å². The maximum Gasteiger partial charge on any atom is 0.262 e. The van der Waals surface area contributed by atoms with Crippen LogP contribution in [0.1, 0.15) is 51.4 Å². The normalized spacial score (nSPS) is 19.4. The molecule has 1 aliphatic carbocycles. The summed E-state index contributed by atoms with van der Waals surface area (Å²) in [4.78, 5) is 16.9. The molecule has 0 radical (unpaired) electrons. The number of amidine groups is 1. The lowest BCUT2D eigenvalue weighted by Gasteiger charge is -2.19. The van der Waals surface area contributed by atoms with E-state index in [-0.39, 0.29) is 10.8 Å². The molecular weight excluding hydrogens is 364 g/mol. The minimum absolute atomic E-state index is 0.0599. The molecule has 0 aromatic heterocycles. The first kappa shape index (κ1) is 19.4.